The van der Waals surface area contributed by atoms with Crippen molar-refractivity contribution >= 4 is 11.8 Å². The van der Waals surface area contributed by atoms with Crippen molar-refractivity contribution in [3.8, 4) is 5.75 Å². The van der Waals surface area contributed by atoms with Gasteiger partial charge in [0.05, 0.1) is 7.11 Å². The molecule has 3 rings (SSSR count). The molecule has 1 fully saturated rings. The van der Waals surface area contributed by atoms with Crippen LogP contribution in [0.1, 0.15) is 31.0 Å². The van der Waals surface area contributed by atoms with Crippen molar-refractivity contribution in [3.63, 3.8) is 0 Å². The van der Waals surface area contributed by atoms with E-state index >= 15 is 0 Å². The van der Waals surface area contributed by atoms with Gasteiger partial charge in [-0.25, -0.2) is 4.98 Å². The van der Waals surface area contributed by atoms with E-state index in [0.717, 1.165) is 36.3 Å². The largest absolute Gasteiger partial charge is 0.497 e. The third-order valence-electron chi connectivity index (χ3n) is 4.43. The molecule has 5 heteroatoms. The Morgan fingerprint density at radius 1 is 1.25 bits per heavy atom. The predicted molar refractivity (Wildman–Crippen MR) is 97.7 cm³/mol. The van der Waals surface area contributed by atoms with Crippen molar-refractivity contribution in [2.75, 3.05) is 30.4 Å². The molecule has 1 N–H and O–H groups in total. The minimum absolute atomic E-state index is 0.694. The van der Waals surface area contributed by atoms with E-state index < -0.39 is 0 Å². The Bertz CT molecular complexity index is 672. The molecule has 1 unspecified atom stereocenters. The van der Waals surface area contributed by atoms with E-state index in [4.69, 9.17) is 9.72 Å². The standard InChI is InChI=1S/C19H26N4O/c1-14-5-4-10-23(13-14)18-11-15(2)21-19(22-18)20-12-16-6-8-17(24-3)9-7-16/h6-9,11,14H,4-5,10,12-13H2,1-3H3,(H,20,21,22). The van der Waals surface area contributed by atoms with Crippen molar-refractivity contribution in [1.29, 1.82) is 0 Å². The van der Waals surface area contributed by atoms with Crippen LogP contribution in [0.2, 0.25) is 0 Å². The van der Waals surface area contributed by atoms with Crippen LogP contribution in [0, 0.1) is 12.8 Å². The molecule has 2 aromatic rings. The second-order valence-electron chi connectivity index (χ2n) is 6.59. The van der Waals surface area contributed by atoms with Gasteiger partial charge in [0.15, 0.2) is 0 Å². The highest BCUT2D eigenvalue weighted by atomic mass is 16.5. The van der Waals surface area contributed by atoms with Gasteiger partial charge in [0.25, 0.3) is 0 Å². The highest BCUT2D eigenvalue weighted by Gasteiger charge is 2.18. The Balaban J connectivity index is 1.68. The third kappa shape index (κ3) is 4.16. The summed E-state index contributed by atoms with van der Waals surface area (Å²) in [6.07, 6.45) is 2.54. The Hall–Kier alpha value is -2.30. The van der Waals surface area contributed by atoms with Crippen molar-refractivity contribution in [1.82, 2.24) is 9.97 Å². The van der Waals surface area contributed by atoms with Crippen molar-refractivity contribution in [2.45, 2.75) is 33.2 Å². The fourth-order valence-electron chi connectivity index (χ4n) is 3.11. The summed E-state index contributed by atoms with van der Waals surface area (Å²) < 4.78 is 5.19. The monoisotopic (exact) mass is 326 g/mol. The molecule has 1 aliphatic rings. The van der Waals surface area contributed by atoms with Gasteiger partial charge in [0.1, 0.15) is 11.6 Å². The number of aromatic nitrogens is 2. The van der Waals surface area contributed by atoms with Crippen LogP contribution in [0.4, 0.5) is 11.8 Å². The molecule has 1 aromatic heterocycles. The number of nitrogens with one attached hydrogen (secondary N) is 1. The molecule has 0 spiro atoms. The average Bonchev–Trinajstić information content (AvgIpc) is 2.60. The second kappa shape index (κ2) is 7.51. The summed E-state index contributed by atoms with van der Waals surface area (Å²) in [6.45, 7) is 7.19. The van der Waals surface area contributed by atoms with E-state index in [9.17, 15) is 0 Å². The molecule has 24 heavy (non-hydrogen) atoms. The molecule has 0 bridgehead atoms. The van der Waals surface area contributed by atoms with Crippen LogP contribution in [-0.2, 0) is 6.54 Å². The average molecular weight is 326 g/mol. The Morgan fingerprint density at radius 3 is 2.75 bits per heavy atom. The molecule has 1 atom stereocenters. The summed E-state index contributed by atoms with van der Waals surface area (Å²) in [5.74, 6) is 3.32. The zero-order valence-corrected chi connectivity index (χ0v) is 14.7. The quantitative estimate of drug-likeness (QED) is 0.909. The fourth-order valence-corrected chi connectivity index (χ4v) is 3.11. The smallest absolute Gasteiger partial charge is 0.225 e. The summed E-state index contributed by atoms with van der Waals surface area (Å²) in [5, 5.41) is 3.34. The lowest BCUT2D eigenvalue weighted by Crippen LogP contribution is -2.35. The number of nitrogens with zero attached hydrogens (tertiary/aromatic N) is 3. The van der Waals surface area contributed by atoms with Crippen LogP contribution < -0.4 is 15.0 Å². The molecule has 0 saturated carbocycles. The summed E-state index contributed by atoms with van der Waals surface area (Å²) in [6, 6.07) is 10.1. The fraction of sp³-hybridized carbons (Fsp3) is 0.474. The highest BCUT2D eigenvalue weighted by molar-refractivity contribution is 5.45. The Kier molecular flexibility index (Phi) is 5.18. The first-order valence-electron chi connectivity index (χ1n) is 8.61. The first kappa shape index (κ1) is 16.6. The molecule has 0 radical (unpaired) electrons. The number of aryl methyl sites for hydroxylation is 1. The minimum Gasteiger partial charge on any atom is -0.497 e. The van der Waals surface area contributed by atoms with E-state index in [1.54, 1.807) is 7.11 Å². The predicted octanol–water partition coefficient (Wildman–Crippen LogP) is 3.64. The first-order valence-corrected chi connectivity index (χ1v) is 8.61. The molecule has 1 saturated heterocycles. The van der Waals surface area contributed by atoms with Gasteiger partial charge in [-0.3, -0.25) is 0 Å². The normalized spacial score (nSPS) is 17.6. The van der Waals surface area contributed by atoms with Gasteiger partial charge in [0, 0.05) is 31.4 Å². The van der Waals surface area contributed by atoms with Gasteiger partial charge in [-0.15, -0.1) is 0 Å². The number of methoxy groups -OCH3 is 1. The van der Waals surface area contributed by atoms with Crippen molar-refractivity contribution in [2.24, 2.45) is 5.92 Å². The maximum atomic E-state index is 5.19. The molecular weight excluding hydrogens is 300 g/mol. The van der Waals surface area contributed by atoms with E-state index in [1.807, 2.05) is 19.1 Å². The number of hydrogen-bond donors (Lipinski definition) is 1. The number of benzene rings is 1. The van der Waals surface area contributed by atoms with Gasteiger partial charge < -0.3 is 15.0 Å². The van der Waals surface area contributed by atoms with E-state index in [1.165, 1.54) is 18.4 Å². The highest BCUT2D eigenvalue weighted by Crippen LogP contribution is 2.23. The Labute approximate surface area is 144 Å². The van der Waals surface area contributed by atoms with Crippen LogP contribution in [0.5, 0.6) is 5.75 Å². The molecule has 128 valence electrons. The molecule has 2 heterocycles. The summed E-state index contributed by atoms with van der Waals surface area (Å²) in [4.78, 5) is 11.6. The Morgan fingerprint density at radius 2 is 2.04 bits per heavy atom. The zero-order valence-electron chi connectivity index (χ0n) is 14.7. The molecule has 0 aliphatic carbocycles. The van der Waals surface area contributed by atoms with Crippen LogP contribution >= 0.6 is 0 Å². The second-order valence-corrected chi connectivity index (χ2v) is 6.59. The van der Waals surface area contributed by atoms with Gasteiger partial charge in [-0.2, -0.15) is 4.98 Å². The maximum absolute atomic E-state index is 5.19. The summed E-state index contributed by atoms with van der Waals surface area (Å²) >= 11 is 0. The number of piperidine rings is 1. The van der Waals surface area contributed by atoms with Crippen LogP contribution in [0.25, 0.3) is 0 Å². The lowest BCUT2D eigenvalue weighted by atomic mass is 10.0. The topological polar surface area (TPSA) is 50.3 Å². The summed E-state index contributed by atoms with van der Waals surface area (Å²) in [7, 11) is 1.68. The van der Waals surface area contributed by atoms with E-state index in [0.29, 0.717) is 12.5 Å². The SMILES string of the molecule is COc1ccc(CNc2nc(C)cc(N3CCCC(C)C3)n2)cc1. The number of anilines is 2. The lowest BCUT2D eigenvalue weighted by Gasteiger charge is -2.32. The maximum Gasteiger partial charge on any atom is 0.225 e. The molecule has 1 aliphatic heterocycles. The first-order chi connectivity index (χ1) is 11.6. The van der Waals surface area contributed by atoms with Gasteiger partial charge >= 0.3 is 0 Å². The zero-order chi connectivity index (χ0) is 16.9. The molecule has 0 amide bonds. The number of ether oxygens (including phenoxy) is 1. The van der Waals surface area contributed by atoms with E-state index in [2.05, 4.69) is 40.3 Å². The molecule has 5 nitrogen and oxygen atoms in total. The minimum atomic E-state index is 0.694. The number of hydrogen-bond acceptors (Lipinski definition) is 5. The van der Waals surface area contributed by atoms with E-state index in [-0.39, 0.29) is 0 Å². The van der Waals surface area contributed by atoms with Crippen LogP contribution in [-0.4, -0.2) is 30.2 Å². The number of rotatable bonds is 5. The van der Waals surface area contributed by atoms with Gasteiger partial charge in [-0.05, 0) is 43.4 Å². The molecule has 1 aromatic carbocycles. The summed E-state index contributed by atoms with van der Waals surface area (Å²) in [5.41, 5.74) is 2.17. The van der Waals surface area contributed by atoms with Gasteiger partial charge in [-0.1, -0.05) is 19.1 Å². The van der Waals surface area contributed by atoms with Crippen LogP contribution in [0.3, 0.4) is 0 Å². The van der Waals surface area contributed by atoms with Crippen LogP contribution in [0.15, 0.2) is 30.3 Å². The van der Waals surface area contributed by atoms with Crippen molar-refractivity contribution in [3.05, 3.63) is 41.6 Å². The van der Waals surface area contributed by atoms with Gasteiger partial charge in [0.2, 0.25) is 5.95 Å². The molecular formula is C19H26N4O. The third-order valence-corrected chi connectivity index (χ3v) is 4.43. The lowest BCUT2D eigenvalue weighted by molar-refractivity contribution is 0.414. The van der Waals surface area contributed by atoms with Crippen molar-refractivity contribution < 1.29 is 4.74 Å².